The molecule has 1 heterocycles. The maximum absolute atomic E-state index is 14.1. The van der Waals surface area contributed by atoms with E-state index in [1.807, 2.05) is 14.0 Å². The summed E-state index contributed by atoms with van der Waals surface area (Å²) in [6.07, 6.45) is 0.719. The molecule has 1 saturated heterocycles. The lowest BCUT2D eigenvalue weighted by Gasteiger charge is -2.27. The molecular formula is C14H21FN2O3S. The molecule has 0 saturated carbocycles. The highest BCUT2D eigenvalue weighted by Gasteiger charge is 2.33. The zero-order valence-electron chi connectivity index (χ0n) is 12.3. The summed E-state index contributed by atoms with van der Waals surface area (Å²) in [4.78, 5) is 1.75. The van der Waals surface area contributed by atoms with Crippen LogP contribution in [-0.4, -0.2) is 55.5 Å². The average Bonchev–Trinajstić information content (AvgIpc) is 2.59. The second-order valence-electron chi connectivity index (χ2n) is 5.50. The Balaban J connectivity index is 2.37. The molecule has 2 rings (SSSR count). The topological polar surface area (TPSA) is 60.9 Å². The van der Waals surface area contributed by atoms with Gasteiger partial charge in [0.25, 0.3) is 0 Å². The first-order valence-corrected chi connectivity index (χ1v) is 8.40. The minimum Gasteiger partial charge on any atom is -0.392 e. The molecule has 1 aliphatic rings. The number of hydrogen-bond acceptors (Lipinski definition) is 4. The Hall–Kier alpha value is -1.02. The highest BCUT2D eigenvalue weighted by atomic mass is 32.2. The Morgan fingerprint density at radius 3 is 2.71 bits per heavy atom. The van der Waals surface area contributed by atoms with Crippen molar-refractivity contribution in [2.75, 3.05) is 26.7 Å². The van der Waals surface area contributed by atoms with Gasteiger partial charge in [0.1, 0.15) is 10.7 Å². The van der Waals surface area contributed by atoms with Crippen molar-refractivity contribution in [3.63, 3.8) is 0 Å². The predicted molar refractivity (Wildman–Crippen MR) is 77.8 cm³/mol. The molecule has 1 fully saturated rings. The van der Waals surface area contributed by atoms with Gasteiger partial charge in [0.15, 0.2) is 0 Å². The van der Waals surface area contributed by atoms with Crippen molar-refractivity contribution >= 4 is 10.0 Å². The summed E-state index contributed by atoms with van der Waals surface area (Å²) < 4.78 is 40.8. The van der Waals surface area contributed by atoms with Crippen LogP contribution in [0.25, 0.3) is 0 Å². The first kappa shape index (κ1) is 16.4. The Morgan fingerprint density at radius 1 is 1.38 bits per heavy atom. The van der Waals surface area contributed by atoms with Crippen molar-refractivity contribution in [1.29, 1.82) is 0 Å². The monoisotopic (exact) mass is 316 g/mol. The van der Waals surface area contributed by atoms with Gasteiger partial charge < -0.3 is 10.0 Å². The summed E-state index contributed by atoms with van der Waals surface area (Å²) in [6.45, 7) is 3.34. The van der Waals surface area contributed by atoms with Gasteiger partial charge >= 0.3 is 0 Å². The largest absolute Gasteiger partial charge is 0.392 e. The summed E-state index contributed by atoms with van der Waals surface area (Å²) >= 11 is 0. The van der Waals surface area contributed by atoms with Gasteiger partial charge in [-0.2, -0.15) is 4.31 Å². The molecule has 0 spiro atoms. The lowest BCUT2D eigenvalue weighted by Crippen LogP contribution is -2.42. The van der Waals surface area contributed by atoms with Gasteiger partial charge in [0.05, 0.1) is 6.61 Å². The number of aliphatic hydroxyl groups is 1. The smallest absolute Gasteiger partial charge is 0.246 e. The van der Waals surface area contributed by atoms with Crippen LogP contribution in [0.4, 0.5) is 4.39 Å². The number of hydrogen-bond donors (Lipinski definition) is 1. The highest BCUT2D eigenvalue weighted by Crippen LogP contribution is 2.24. The second kappa shape index (κ2) is 6.39. The van der Waals surface area contributed by atoms with Gasteiger partial charge in [-0.1, -0.05) is 6.07 Å². The zero-order valence-corrected chi connectivity index (χ0v) is 13.1. The Morgan fingerprint density at radius 2 is 2.10 bits per heavy atom. The normalized spacial score (nSPS) is 22.2. The third-order valence-electron chi connectivity index (χ3n) is 3.75. The fourth-order valence-corrected chi connectivity index (χ4v) is 4.39. The fraction of sp³-hybridized carbons (Fsp3) is 0.571. The van der Waals surface area contributed by atoms with Gasteiger partial charge in [-0.3, -0.25) is 0 Å². The van der Waals surface area contributed by atoms with E-state index >= 15 is 0 Å². The quantitative estimate of drug-likeness (QED) is 0.905. The number of benzene rings is 1. The Labute approximate surface area is 125 Å². The number of sulfonamides is 1. The minimum atomic E-state index is -3.86. The van der Waals surface area contributed by atoms with Crippen LogP contribution in [0, 0.1) is 5.82 Å². The molecule has 0 aromatic heterocycles. The van der Waals surface area contributed by atoms with E-state index < -0.39 is 15.8 Å². The Kier molecular flexibility index (Phi) is 4.98. The predicted octanol–water partition coefficient (Wildman–Crippen LogP) is 1.03. The van der Waals surface area contributed by atoms with E-state index in [0.29, 0.717) is 18.7 Å². The summed E-state index contributed by atoms with van der Waals surface area (Å²) in [5.41, 5.74) is 0.357. The minimum absolute atomic E-state index is 0.209. The summed E-state index contributed by atoms with van der Waals surface area (Å²) in [5.74, 6) is -0.814. The molecule has 1 unspecified atom stereocenters. The number of nitrogens with zero attached hydrogens (tertiary/aromatic N) is 2. The van der Waals surface area contributed by atoms with Crippen LogP contribution in [0.5, 0.6) is 0 Å². The molecule has 0 bridgehead atoms. The van der Waals surface area contributed by atoms with Crippen molar-refractivity contribution in [1.82, 2.24) is 9.21 Å². The van der Waals surface area contributed by atoms with Crippen molar-refractivity contribution in [2.24, 2.45) is 0 Å². The molecule has 118 valence electrons. The number of rotatable bonds is 3. The van der Waals surface area contributed by atoms with E-state index in [-0.39, 0.29) is 17.5 Å². The van der Waals surface area contributed by atoms with Crippen LogP contribution >= 0.6 is 0 Å². The van der Waals surface area contributed by atoms with E-state index in [4.69, 9.17) is 5.11 Å². The molecule has 1 N–H and O–H groups in total. The molecule has 1 atom stereocenters. The van der Waals surface area contributed by atoms with Crippen LogP contribution in [0.3, 0.4) is 0 Å². The van der Waals surface area contributed by atoms with Gasteiger partial charge in [0, 0.05) is 19.1 Å². The lowest BCUT2D eigenvalue weighted by atomic mass is 10.2. The van der Waals surface area contributed by atoms with Gasteiger partial charge in [0.2, 0.25) is 10.0 Å². The first-order chi connectivity index (χ1) is 9.86. The molecular weight excluding hydrogens is 295 g/mol. The summed E-state index contributed by atoms with van der Waals surface area (Å²) in [5, 5.41) is 8.98. The SMILES string of the molecule is CC1CN(C)CCCN1S(=O)(=O)c1ccc(CO)cc1F. The van der Waals surface area contributed by atoms with Crippen LogP contribution in [0.2, 0.25) is 0 Å². The third-order valence-corrected chi connectivity index (χ3v) is 5.80. The standard InChI is InChI=1S/C14H21FN2O3S/c1-11-9-16(2)6-3-7-17(11)21(19,20)14-5-4-12(10-18)8-13(14)15/h4-5,8,11,18H,3,6-7,9-10H2,1-2H3. The molecule has 1 aliphatic heterocycles. The molecule has 0 amide bonds. The summed E-state index contributed by atoms with van der Waals surface area (Å²) in [7, 11) is -1.92. The molecule has 0 aliphatic carbocycles. The third kappa shape index (κ3) is 3.42. The van der Waals surface area contributed by atoms with E-state index in [9.17, 15) is 12.8 Å². The van der Waals surface area contributed by atoms with E-state index in [0.717, 1.165) is 19.0 Å². The number of halogens is 1. The lowest BCUT2D eigenvalue weighted by molar-refractivity contribution is 0.280. The van der Waals surface area contributed by atoms with Crippen LogP contribution in [0.15, 0.2) is 23.1 Å². The first-order valence-electron chi connectivity index (χ1n) is 6.96. The molecule has 1 aromatic rings. The molecule has 7 heteroatoms. The van der Waals surface area contributed by atoms with Crippen LogP contribution < -0.4 is 0 Å². The van der Waals surface area contributed by atoms with Crippen molar-refractivity contribution in [2.45, 2.75) is 30.9 Å². The highest BCUT2D eigenvalue weighted by molar-refractivity contribution is 7.89. The van der Waals surface area contributed by atoms with Crippen molar-refractivity contribution in [3.05, 3.63) is 29.6 Å². The number of likely N-dealkylation sites (N-methyl/N-ethyl adjacent to an activating group) is 1. The molecule has 5 nitrogen and oxygen atoms in total. The molecule has 21 heavy (non-hydrogen) atoms. The summed E-state index contributed by atoms with van der Waals surface area (Å²) in [6, 6.07) is 3.53. The zero-order chi connectivity index (χ0) is 15.6. The average molecular weight is 316 g/mol. The molecule has 0 radical (unpaired) electrons. The van der Waals surface area contributed by atoms with Crippen LogP contribution in [0.1, 0.15) is 18.9 Å². The maximum Gasteiger partial charge on any atom is 0.246 e. The van der Waals surface area contributed by atoms with E-state index in [1.165, 1.54) is 16.4 Å². The van der Waals surface area contributed by atoms with Crippen molar-refractivity contribution < 1.29 is 17.9 Å². The van der Waals surface area contributed by atoms with Gasteiger partial charge in [-0.25, -0.2) is 12.8 Å². The second-order valence-corrected chi connectivity index (χ2v) is 7.36. The maximum atomic E-state index is 14.1. The fourth-order valence-electron chi connectivity index (χ4n) is 2.69. The van der Waals surface area contributed by atoms with Gasteiger partial charge in [-0.05, 0) is 44.6 Å². The number of aliphatic hydroxyl groups excluding tert-OH is 1. The van der Waals surface area contributed by atoms with Crippen molar-refractivity contribution in [3.8, 4) is 0 Å². The Bertz CT molecular complexity index is 606. The van der Waals surface area contributed by atoms with E-state index in [2.05, 4.69) is 4.90 Å². The van der Waals surface area contributed by atoms with Crippen LogP contribution in [-0.2, 0) is 16.6 Å². The molecule has 1 aromatic carbocycles. The van der Waals surface area contributed by atoms with E-state index in [1.54, 1.807) is 0 Å². The van der Waals surface area contributed by atoms with Gasteiger partial charge in [-0.15, -0.1) is 0 Å².